The molecule has 0 radical (unpaired) electrons. The number of hydrogen-bond donors (Lipinski definition) is 3. The van der Waals surface area contributed by atoms with Crippen LogP contribution in [0, 0.1) is 0 Å². The van der Waals surface area contributed by atoms with E-state index in [9.17, 15) is 15.0 Å². The molecule has 1 amide bonds. The molecule has 0 aliphatic heterocycles. The van der Waals surface area contributed by atoms with Gasteiger partial charge in [-0.2, -0.15) is 0 Å². The zero-order valence-electron chi connectivity index (χ0n) is 39.1. The molecule has 3 N–H and O–H groups in total. The number of carbonyl (C=O) groups is 1. The molecule has 0 saturated heterocycles. The van der Waals surface area contributed by atoms with Gasteiger partial charge >= 0.3 is 0 Å². The number of unbranched alkanes of at least 4 members (excludes halogenated alkanes) is 34. The summed E-state index contributed by atoms with van der Waals surface area (Å²) in [5.74, 6) is -0.0805. The van der Waals surface area contributed by atoms with Crippen LogP contribution in [0.2, 0.25) is 0 Å². The molecule has 0 aliphatic carbocycles. The van der Waals surface area contributed by atoms with E-state index in [4.69, 9.17) is 0 Å². The molecule has 0 heterocycles. The van der Waals surface area contributed by atoms with E-state index < -0.39 is 12.1 Å². The van der Waals surface area contributed by atoms with Crippen molar-refractivity contribution in [2.45, 2.75) is 283 Å². The minimum absolute atomic E-state index is 0.0805. The zero-order valence-corrected chi connectivity index (χ0v) is 39.1. The summed E-state index contributed by atoms with van der Waals surface area (Å²) >= 11 is 0. The van der Waals surface area contributed by atoms with Gasteiger partial charge in [0.15, 0.2) is 0 Å². The summed E-state index contributed by atoms with van der Waals surface area (Å²) in [7, 11) is 0. The van der Waals surface area contributed by atoms with E-state index in [0.717, 1.165) is 38.5 Å². The Hall–Kier alpha value is -1.65. The highest BCUT2D eigenvalue weighted by Gasteiger charge is 2.17. The molecular weight excluding hydrogens is 711 g/mol. The van der Waals surface area contributed by atoms with Gasteiger partial charge in [-0.25, -0.2) is 0 Å². The van der Waals surface area contributed by atoms with Gasteiger partial charge in [0.25, 0.3) is 0 Å². The molecule has 0 spiro atoms. The van der Waals surface area contributed by atoms with Crippen molar-refractivity contribution in [1.82, 2.24) is 5.32 Å². The first-order valence-corrected chi connectivity index (χ1v) is 25.9. The second kappa shape index (κ2) is 49.7. The largest absolute Gasteiger partial charge is 0.394 e. The molecular formula is C54H101NO3. The Morgan fingerprint density at radius 1 is 0.397 bits per heavy atom. The van der Waals surface area contributed by atoms with E-state index in [1.165, 1.54) is 212 Å². The van der Waals surface area contributed by atoms with Gasteiger partial charge in [0.1, 0.15) is 0 Å². The fraction of sp³-hybridized carbons (Fsp3) is 0.833. The minimum atomic E-state index is -0.873. The van der Waals surface area contributed by atoms with E-state index in [1.54, 1.807) is 6.08 Å². The number of allylic oxidation sites excluding steroid dienone is 7. The maximum absolute atomic E-state index is 12.4. The van der Waals surface area contributed by atoms with Crippen LogP contribution in [-0.2, 0) is 4.79 Å². The van der Waals surface area contributed by atoms with Crippen LogP contribution in [0.1, 0.15) is 271 Å². The smallest absolute Gasteiger partial charge is 0.220 e. The lowest BCUT2D eigenvalue weighted by atomic mass is 10.0. The van der Waals surface area contributed by atoms with Gasteiger partial charge < -0.3 is 15.5 Å². The Balaban J connectivity index is 3.60. The first-order chi connectivity index (χ1) is 28.7. The van der Waals surface area contributed by atoms with Crippen molar-refractivity contribution in [3.63, 3.8) is 0 Å². The van der Waals surface area contributed by atoms with Crippen molar-refractivity contribution >= 4 is 5.91 Å². The molecule has 58 heavy (non-hydrogen) atoms. The molecule has 0 aromatic heterocycles. The second-order valence-electron chi connectivity index (χ2n) is 17.6. The zero-order chi connectivity index (χ0) is 42.1. The monoisotopic (exact) mass is 812 g/mol. The molecule has 0 saturated carbocycles. The summed E-state index contributed by atoms with van der Waals surface area (Å²) in [4.78, 5) is 12.4. The Bertz CT molecular complexity index is 923. The molecule has 2 atom stereocenters. The van der Waals surface area contributed by atoms with Gasteiger partial charge in [-0.05, 0) is 70.6 Å². The number of nitrogens with one attached hydrogen (secondary N) is 1. The number of carbonyl (C=O) groups excluding carboxylic acids is 1. The second-order valence-corrected chi connectivity index (χ2v) is 17.6. The standard InChI is InChI=1S/C54H101NO3/c1-3-5-7-9-11-13-15-17-19-21-23-25-27-28-29-31-33-35-37-39-41-43-45-47-49-53(57)52(51-56)55-54(58)50-48-46-44-42-40-38-36-34-32-30-26-24-22-20-18-16-14-12-10-8-6-4-2/h30-33,39,41,47,49,52-53,56-57H,3-29,34-38,40,42-46,48,50-51H2,1-2H3,(H,55,58)/b32-30-,33-31+,41-39+,49-47+. The van der Waals surface area contributed by atoms with Gasteiger partial charge in [0, 0.05) is 6.42 Å². The summed E-state index contributed by atoms with van der Waals surface area (Å²) in [6.45, 7) is 4.31. The van der Waals surface area contributed by atoms with Crippen molar-refractivity contribution < 1.29 is 15.0 Å². The van der Waals surface area contributed by atoms with Gasteiger partial charge in [-0.15, -0.1) is 0 Å². The number of aliphatic hydroxyl groups excluding tert-OH is 2. The van der Waals surface area contributed by atoms with Crippen LogP contribution < -0.4 is 5.32 Å². The van der Waals surface area contributed by atoms with Crippen LogP contribution in [0.25, 0.3) is 0 Å². The molecule has 0 aromatic rings. The van der Waals surface area contributed by atoms with Crippen LogP contribution in [0.4, 0.5) is 0 Å². The van der Waals surface area contributed by atoms with Crippen molar-refractivity contribution in [2.75, 3.05) is 6.61 Å². The highest BCUT2D eigenvalue weighted by Crippen LogP contribution is 2.15. The topological polar surface area (TPSA) is 69.6 Å². The molecule has 4 heteroatoms. The quantitative estimate of drug-likeness (QED) is 0.0423. The van der Waals surface area contributed by atoms with E-state index in [-0.39, 0.29) is 12.5 Å². The lowest BCUT2D eigenvalue weighted by molar-refractivity contribution is -0.123. The Morgan fingerprint density at radius 2 is 0.672 bits per heavy atom. The summed E-state index contributed by atoms with van der Waals surface area (Å²) in [6.07, 6.45) is 68.2. The van der Waals surface area contributed by atoms with E-state index >= 15 is 0 Å². The SMILES string of the molecule is CCCCCCCCCCCCC/C=C\CCCCCCCCCC(=O)NC(CO)C(O)/C=C/CC/C=C/CC/C=C/CCCCCCCCCCCCCCCC. The molecule has 0 rings (SSSR count). The summed E-state index contributed by atoms with van der Waals surface area (Å²) in [5.41, 5.74) is 0. The van der Waals surface area contributed by atoms with Crippen LogP contribution in [0.3, 0.4) is 0 Å². The highest BCUT2D eigenvalue weighted by atomic mass is 16.3. The maximum atomic E-state index is 12.4. The van der Waals surface area contributed by atoms with E-state index in [2.05, 4.69) is 55.6 Å². The normalized spacial score (nSPS) is 13.2. The van der Waals surface area contributed by atoms with Crippen LogP contribution in [0.5, 0.6) is 0 Å². The fourth-order valence-corrected chi connectivity index (χ4v) is 7.79. The molecule has 0 fully saturated rings. The first kappa shape index (κ1) is 56.4. The lowest BCUT2D eigenvalue weighted by Crippen LogP contribution is -2.45. The van der Waals surface area contributed by atoms with Gasteiger partial charge in [-0.3, -0.25) is 4.79 Å². The number of hydrogen-bond acceptors (Lipinski definition) is 3. The molecule has 0 aliphatic rings. The third-order valence-electron chi connectivity index (χ3n) is 11.8. The third kappa shape index (κ3) is 45.4. The van der Waals surface area contributed by atoms with Crippen LogP contribution in [-0.4, -0.2) is 34.9 Å². The summed E-state index contributed by atoms with van der Waals surface area (Å²) in [5, 5.41) is 23.1. The van der Waals surface area contributed by atoms with Crippen molar-refractivity contribution in [3.05, 3.63) is 48.6 Å². The van der Waals surface area contributed by atoms with Crippen LogP contribution >= 0.6 is 0 Å². The molecule has 0 bridgehead atoms. The fourth-order valence-electron chi connectivity index (χ4n) is 7.79. The number of amides is 1. The van der Waals surface area contributed by atoms with E-state index in [1.807, 2.05) is 6.08 Å². The molecule has 4 nitrogen and oxygen atoms in total. The van der Waals surface area contributed by atoms with Crippen LogP contribution in [0.15, 0.2) is 48.6 Å². The number of aliphatic hydroxyl groups is 2. The van der Waals surface area contributed by atoms with Gasteiger partial charge in [0.2, 0.25) is 5.91 Å². The predicted molar refractivity (Wildman–Crippen MR) is 258 cm³/mol. The third-order valence-corrected chi connectivity index (χ3v) is 11.8. The first-order valence-electron chi connectivity index (χ1n) is 25.9. The van der Waals surface area contributed by atoms with Crippen molar-refractivity contribution in [3.8, 4) is 0 Å². The Morgan fingerprint density at radius 3 is 1.00 bits per heavy atom. The molecule has 0 aromatic carbocycles. The van der Waals surface area contributed by atoms with E-state index in [0.29, 0.717) is 6.42 Å². The van der Waals surface area contributed by atoms with Gasteiger partial charge in [-0.1, -0.05) is 242 Å². The lowest BCUT2D eigenvalue weighted by Gasteiger charge is -2.19. The minimum Gasteiger partial charge on any atom is -0.394 e. The van der Waals surface area contributed by atoms with Gasteiger partial charge in [0.05, 0.1) is 18.8 Å². The van der Waals surface area contributed by atoms with Crippen molar-refractivity contribution in [2.24, 2.45) is 0 Å². The summed E-state index contributed by atoms with van der Waals surface area (Å²) in [6, 6.07) is -0.649. The highest BCUT2D eigenvalue weighted by molar-refractivity contribution is 5.76. The maximum Gasteiger partial charge on any atom is 0.220 e. The average molecular weight is 812 g/mol. The number of rotatable bonds is 47. The Kier molecular flexibility index (Phi) is 48.3. The molecule has 2 unspecified atom stereocenters. The Labute approximate surface area is 363 Å². The van der Waals surface area contributed by atoms with Crippen molar-refractivity contribution in [1.29, 1.82) is 0 Å². The average Bonchev–Trinajstić information content (AvgIpc) is 3.23. The summed E-state index contributed by atoms with van der Waals surface area (Å²) < 4.78 is 0. The predicted octanol–water partition coefficient (Wildman–Crippen LogP) is 16.7. The molecule has 340 valence electrons.